The fourth-order valence-electron chi connectivity index (χ4n) is 6.23. The van der Waals surface area contributed by atoms with Crippen LogP contribution >= 0.6 is 11.6 Å². The van der Waals surface area contributed by atoms with E-state index in [2.05, 4.69) is 10.3 Å². The van der Waals surface area contributed by atoms with E-state index in [1.165, 1.54) is 0 Å². The molecule has 4 aromatic rings. The number of halogens is 1. The van der Waals surface area contributed by atoms with Crippen LogP contribution in [0.15, 0.2) is 85.1 Å². The van der Waals surface area contributed by atoms with Gasteiger partial charge in [-0.05, 0) is 53.4 Å². The van der Waals surface area contributed by atoms with E-state index in [4.69, 9.17) is 11.6 Å². The van der Waals surface area contributed by atoms with Gasteiger partial charge in [0.15, 0.2) is 0 Å². The van der Waals surface area contributed by atoms with Crippen LogP contribution in [0.2, 0.25) is 5.02 Å². The highest BCUT2D eigenvalue weighted by Crippen LogP contribution is 2.31. The van der Waals surface area contributed by atoms with Crippen LogP contribution in [-0.4, -0.2) is 79.6 Å². The Morgan fingerprint density at radius 2 is 1.78 bits per heavy atom. The van der Waals surface area contributed by atoms with Gasteiger partial charge in [0.25, 0.3) is 0 Å². The Labute approximate surface area is 266 Å². The predicted molar refractivity (Wildman–Crippen MR) is 171 cm³/mol. The normalized spacial score (nSPS) is 18.8. The van der Waals surface area contributed by atoms with Crippen LogP contribution in [-0.2, 0) is 29.1 Å². The van der Waals surface area contributed by atoms with Gasteiger partial charge in [0, 0.05) is 42.7 Å². The maximum atomic E-state index is 14.3. The van der Waals surface area contributed by atoms with Crippen molar-refractivity contribution in [2.24, 2.45) is 0 Å². The molecule has 1 aromatic heterocycles. The molecule has 10 nitrogen and oxygen atoms in total. The number of urea groups is 1. The molecule has 11 heteroatoms. The van der Waals surface area contributed by atoms with Crippen molar-refractivity contribution in [1.82, 2.24) is 30.1 Å². The monoisotopic (exact) mass is 626 g/mol. The Bertz CT molecular complexity index is 1700. The van der Waals surface area contributed by atoms with Gasteiger partial charge in [-0.25, -0.2) is 14.8 Å². The second-order valence-electron chi connectivity index (χ2n) is 11.4. The van der Waals surface area contributed by atoms with Crippen LogP contribution in [0.25, 0.3) is 10.9 Å². The Hall–Kier alpha value is -4.67. The number of phenols is 1. The number of aromatic nitrogens is 1. The number of fused-ring (bicyclic) bond motifs is 2. The third kappa shape index (κ3) is 6.29. The number of benzene rings is 3. The number of phenolic OH excluding ortho intramolecular Hbond substituents is 1. The van der Waals surface area contributed by atoms with Crippen LogP contribution in [0.3, 0.4) is 0 Å². The summed E-state index contributed by atoms with van der Waals surface area (Å²) in [5.41, 5.74) is 3.24. The first-order chi connectivity index (χ1) is 21.8. The number of hydrogen-bond acceptors (Lipinski definition) is 6. The molecule has 0 saturated carbocycles. The summed E-state index contributed by atoms with van der Waals surface area (Å²) in [6.45, 7) is 3.14. The summed E-state index contributed by atoms with van der Waals surface area (Å²) in [7, 11) is 0. The number of pyridine rings is 1. The first-order valence-corrected chi connectivity index (χ1v) is 15.5. The molecule has 2 aliphatic heterocycles. The third-order valence-corrected chi connectivity index (χ3v) is 8.66. The summed E-state index contributed by atoms with van der Waals surface area (Å²) in [6, 6.07) is 22.4. The Kier molecular flexibility index (Phi) is 8.86. The highest BCUT2D eigenvalue weighted by molar-refractivity contribution is 6.35. The van der Waals surface area contributed by atoms with Gasteiger partial charge >= 0.3 is 6.03 Å². The maximum Gasteiger partial charge on any atom is 0.334 e. The molecule has 2 saturated heterocycles. The smallest absolute Gasteiger partial charge is 0.334 e. The van der Waals surface area contributed by atoms with E-state index in [1.807, 2.05) is 55.5 Å². The average molecular weight is 627 g/mol. The van der Waals surface area contributed by atoms with Gasteiger partial charge in [-0.2, -0.15) is 0 Å². The lowest BCUT2D eigenvalue weighted by molar-refractivity contribution is -0.190. The zero-order chi connectivity index (χ0) is 31.5. The zero-order valence-electron chi connectivity index (χ0n) is 25.0. The van der Waals surface area contributed by atoms with Crippen molar-refractivity contribution in [2.45, 2.75) is 45.1 Å². The first kappa shape index (κ1) is 30.4. The maximum absolute atomic E-state index is 14.3. The highest BCUT2D eigenvalue weighted by Gasteiger charge is 2.51. The molecular weight excluding hydrogens is 592 g/mol. The molecule has 0 radical (unpaired) electrons. The summed E-state index contributed by atoms with van der Waals surface area (Å²) < 4.78 is 0. The Morgan fingerprint density at radius 1 is 1.00 bits per heavy atom. The number of nitrogens with zero attached hydrogens (tertiary/aromatic N) is 5. The fraction of sp³-hybridized carbons (Fsp3) is 0.294. The quantitative estimate of drug-likeness (QED) is 0.297. The van der Waals surface area contributed by atoms with Crippen molar-refractivity contribution in [3.05, 3.63) is 107 Å². The molecular formula is C34H35ClN6O4. The summed E-state index contributed by atoms with van der Waals surface area (Å²) in [4.78, 5) is 49.9. The van der Waals surface area contributed by atoms with Crippen LogP contribution in [0, 0.1) is 0 Å². The Balaban J connectivity index is 1.37. The molecule has 3 heterocycles. The SMILES string of the molecule is CCCN1CC(=O)N2[C@@H](Cc3ccc(O)cc3)C(=O)N(Cc3ccc(Cl)c4cccnc34)C[C@@H]2N1C(=O)NCc1ccccc1. The molecule has 6 rings (SSSR count). The number of aromatic hydroxyl groups is 1. The third-order valence-electron chi connectivity index (χ3n) is 8.33. The minimum Gasteiger partial charge on any atom is -0.508 e. The van der Waals surface area contributed by atoms with Gasteiger partial charge in [-0.1, -0.05) is 67.1 Å². The molecule has 4 amide bonds. The van der Waals surface area contributed by atoms with Gasteiger partial charge in [0.1, 0.15) is 18.0 Å². The van der Waals surface area contributed by atoms with Crippen LogP contribution in [0.1, 0.15) is 30.0 Å². The van der Waals surface area contributed by atoms with E-state index >= 15 is 0 Å². The number of hydrogen-bond donors (Lipinski definition) is 2. The molecule has 2 N–H and O–H groups in total. The van der Waals surface area contributed by atoms with Crippen LogP contribution in [0.5, 0.6) is 5.75 Å². The van der Waals surface area contributed by atoms with Crippen LogP contribution in [0.4, 0.5) is 4.79 Å². The van der Waals surface area contributed by atoms with Gasteiger partial charge in [0.2, 0.25) is 11.8 Å². The van der Waals surface area contributed by atoms with Crippen LogP contribution < -0.4 is 5.32 Å². The second-order valence-corrected chi connectivity index (χ2v) is 11.8. The molecule has 0 aliphatic carbocycles. The van der Waals surface area contributed by atoms with E-state index in [9.17, 15) is 19.5 Å². The molecule has 0 bridgehead atoms. The standard InChI is InChI=1S/C34H35ClN6O4/c1-2-17-39-22-31(43)40-29(18-23-10-13-26(42)14-11-23)33(44)38(20-25-12-15-28(35)27-9-6-16-36-32(25)27)21-30(40)41(39)34(45)37-19-24-7-4-3-5-8-24/h3-16,29-30,42H,2,17-22H2,1H3,(H,37,45)/t29-,30-/m0/s1. The van der Waals surface area contributed by atoms with E-state index in [1.54, 1.807) is 56.3 Å². The minimum absolute atomic E-state index is 0.0196. The average Bonchev–Trinajstić information content (AvgIpc) is 3.05. The lowest BCUT2D eigenvalue weighted by atomic mass is 9.98. The first-order valence-electron chi connectivity index (χ1n) is 15.1. The number of nitrogens with one attached hydrogen (secondary N) is 1. The van der Waals surface area contributed by atoms with Crippen molar-refractivity contribution < 1.29 is 19.5 Å². The second kappa shape index (κ2) is 13.1. The van der Waals surface area contributed by atoms with Crippen molar-refractivity contribution in [1.29, 1.82) is 0 Å². The fourth-order valence-corrected chi connectivity index (χ4v) is 6.44. The van der Waals surface area contributed by atoms with Crippen molar-refractivity contribution in [3.8, 4) is 5.75 Å². The largest absolute Gasteiger partial charge is 0.508 e. The molecule has 3 aromatic carbocycles. The molecule has 232 valence electrons. The predicted octanol–water partition coefficient (Wildman–Crippen LogP) is 4.55. The lowest BCUT2D eigenvalue weighted by Gasteiger charge is -2.55. The molecule has 2 fully saturated rings. The summed E-state index contributed by atoms with van der Waals surface area (Å²) in [6.07, 6.45) is 1.91. The van der Waals surface area contributed by atoms with Gasteiger partial charge in [-0.15, -0.1) is 0 Å². The molecule has 2 aliphatic rings. The lowest BCUT2D eigenvalue weighted by Crippen LogP contribution is -2.76. The van der Waals surface area contributed by atoms with E-state index in [0.717, 1.165) is 28.5 Å². The number of carbonyl (C=O) groups excluding carboxylic acids is 3. The molecule has 0 unspecified atom stereocenters. The van der Waals surface area contributed by atoms with Gasteiger partial charge in [0.05, 0.1) is 18.6 Å². The number of carbonyl (C=O) groups is 3. The van der Waals surface area contributed by atoms with Gasteiger partial charge in [-0.3, -0.25) is 14.6 Å². The number of hydrazine groups is 1. The minimum atomic E-state index is -0.861. The zero-order valence-corrected chi connectivity index (χ0v) is 25.7. The number of rotatable bonds is 8. The van der Waals surface area contributed by atoms with E-state index in [-0.39, 0.29) is 49.7 Å². The molecule has 2 atom stereocenters. The highest BCUT2D eigenvalue weighted by atomic mass is 35.5. The Morgan fingerprint density at radius 3 is 2.53 bits per heavy atom. The van der Waals surface area contributed by atoms with Gasteiger partial charge < -0.3 is 20.2 Å². The van der Waals surface area contributed by atoms with Crippen molar-refractivity contribution in [2.75, 3.05) is 19.6 Å². The van der Waals surface area contributed by atoms with Crippen molar-refractivity contribution in [3.63, 3.8) is 0 Å². The van der Waals surface area contributed by atoms with Crippen molar-refractivity contribution >= 4 is 40.3 Å². The summed E-state index contributed by atoms with van der Waals surface area (Å²) >= 11 is 6.47. The summed E-state index contributed by atoms with van der Waals surface area (Å²) in [5.74, 6) is -0.322. The van der Waals surface area contributed by atoms with E-state index in [0.29, 0.717) is 23.6 Å². The molecule has 0 spiro atoms. The topological polar surface area (TPSA) is 109 Å². The molecule has 45 heavy (non-hydrogen) atoms. The summed E-state index contributed by atoms with van der Waals surface area (Å²) in [5, 5.41) is 17.6. The number of piperazine rings is 1. The number of amides is 4. The van der Waals surface area contributed by atoms with E-state index < -0.39 is 12.2 Å².